The number of nitrogens with zero attached hydrogens (tertiary/aromatic N) is 2. The van der Waals surface area contributed by atoms with Gasteiger partial charge in [0.2, 0.25) is 0 Å². The van der Waals surface area contributed by atoms with Gasteiger partial charge in [0, 0.05) is 6.54 Å². The van der Waals surface area contributed by atoms with Gasteiger partial charge in [-0.15, -0.1) is 6.42 Å². The lowest BCUT2D eigenvalue weighted by atomic mass is 10.3. The van der Waals surface area contributed by atoms with Crippen LogP contribution >= 0.6 is 16.9 Å². The molecule has 1 heterocycles. The summed E-state index contributed by atoms with van der Waals surface area (Å²) in [6.07, 6.45) is 7.47. The highest BCUT2D eigenvalue weighted by atomic mass is 32.9. The van der Waals surface area contributed by atoms with Gasteiger partial charge in [-0.3, -0.25) is 4.67 Å². The highest BCUT2D eigenvalue weighted by Gasteiger charge is 2.39. The Morgan fingerprint density at radius 3 is 2.50 bits per heavy atom. The molecule has 0 aromatic rings. The van der Waals surface area contributed by atoms with Gasteiger partial charge in [-0.2, -0.15) is 0 Å². The molecule has 0 aliphatic carbocycles. The van der Waals surface area contributed by atoms with Crippen molar-refractivity contribution in [1.82, 2.24) is 9.34 Å². The molecule has 1 rings (SSSR count). The molecule has 0 spiro atoms. The minimum Gasteiger partial charge on any atom is -0.256 e. The molecule has 12 heavy (non-hydrogen) atoms. The van der Waals surface area contributed by atoms with E-state index in [4.69, 9.17) is 18.2 Å². The molecule has 0 amide bonds. The van der Waals surface area contributed by atoms with Crippen LogP contribution in [0.5, 0.6) is 0 Å². The summed E-state index contributed by atoms with van der Waals surface area (Å²) in [6, 6.07) is 0.202. The summed E-state index contributed by atoms with van der Waals surface area (Å²) in [4.78, 5) is 0. The number of terminal acetylenes is 1. The third-order valence-corrected chi connectivity index (χ3v) is 10.7. The monoisotopic (exact) mass is 220 g/mol. The second-order valence-corrected chi connectivity index (χ2v) is 10.3. The van der Waals surface area contributed by atoms with Crippen LogP contribution in [0.2, 0.25) is 0 Å². The summed E-state index contributed by atoms with van der Waals surface area (Å²) in [5.74, 6) is 2.77. The minimum atomic E-state index is -1.53. The molecule has 0 N–H and O–H groups in total. The van der Waals surface area contributed by atoms with Crippen LogP contribution < -0.4 is 0 Å². The largest absolute Gasteiger partial charge is 0.256 e. The van der Waals surface area contributed by atoms with Gasteiger partial charge < -0.3 is 0 Å². The number of likely N-dealkylation sites (N-methyl/N-ethyl adjacent to an activating group) is 2. The van der Waals surface area contributed by atoms with Crippen molar-refractivity contribution < 1.29 is 0 Å². The SMILES string of the molecule is C#CC1CN(C)P(=S)(SC)N1C. The van der Waals surface area contributed by atoms with E-state index in [1.54, 1.807) is 11.4 Å². The Morgan fingerprint density at radius 2 is 2.25 bits per heavy atom. The third-order valence-electron chi connectivity index (χ3n) is 2.15. The summed E-state index contributed by atoms with van der Waals surface area (Å²) in [5.41, 5.74) is -1.53. The molecule has 1 fully saturated rings. The zero-order chi connectivity index (χ0) is 9.35. The van der Waals surface area contributed by atoms with Crippen molar-refractivity contribution in [2.24, 2.45) is 0 Å². The summed E-state index contributed by atoms with van der Waals surface area (Å²) < 4.78 is 4.39. The van der Waals surface area contributed by atoms with Crippen molar-refractivity contribution in [2.75, 3.05) is 26.9 Å². The van der Waals surface area contributed by atoms with E-state index in [2.05, 4.69) is 28.6 Å². The summed E-state index contributed by atoms with van der Waals surface area (Å²) in [7, 11) is 4.09. The molecule has 2 unspecified atom stereocenters. The Labute approximate surface area is 83.5 Å². The van der Waals surface area contributed by atoms with Crippen LogP contribution in [-0.2, 0) is 11.8 Å². The molecule has 1 saturated heterocycles. The van der Waals surface area contributed by atoms with Crippen molar-refractivity contribution in [3.05, 3.63) is 0 Å². The highest BCUT2D eigenvalue weighted by Crippen LogP contribution is 2.65. The second-order valence-electron chi connectivity index (χ2n) is 2.77. The van der Waals surface area contributed by atoms with Crippen molar-refractivity contribution in [3.8, 4) is 12.3 Å². The molecule has 0 aromatic heterocycles. The Balaban J connectivity index is 2.93. The fourth-order valence-electron chi connectivity index (χ4n) is 1.32. The highest BCUT2D eigenvalue weighted by molar-refractivity contribution is 8.69. The van der Waals surface area contributed by atoms with Gasteiger partial charge in [0.05, 0.1) is 6.04 Å². The van der Waals surface area contributed by atoms with Crippen LogP contribution in [0.3, 0.4) is 0 Å². The van der Waals surface area contributed by atoms with Crippen LogP contribution in [0.1, 0.15) is 0 Å². The first-order chi connectivity index (χ1) is 5.56. The molecule has 5 heteroatoms. The Bertz CT molecular complexity index is 261. The molecule has 1 aliphatic heterocycles. The molecule has 1 aliphatic rings. The quantitative estimate of drug-likeness (QED) is 0.487. The van der Waals surface area contributed by atoms with Gasteiger partial charge in [-0.05, 0) is 20.4 Å². The van der Waals surface area contributed by atoms with E-state index in [-0.39, 0.29) is 6.04 Å². The molecule has 2 nitrogen and oxygen atoms in total. The predicted molar refractivity (Wildman–Crippen MR) is 60.8 cm³/mol. The van der Waals surface area contributed by atoms with Crippen LogP contribution in [0.25, 0.3) is 0 Å². The lowest BCUT2D eigenvalue weighted by Gasteiger charge is -2.27. The average molecular weight is 220 g/mol. The first-order valence-corrected chi connectivity index (χ1v) is 8.17. The van der Waals surface area contributed by atoms with Gasteiger partial charge in [-0.25, -0.2) is 4.67 Å². The van der Waals surface area contributed by atoms with E-state index in [9.17, 15) is 0 Å². The summed E-state index contributed by atoms with van der Waals surface area (Å²) in [6.45, 7) is 0.908. The molecule has 0 radical (unpaired) electrons. The van der Waals surface area contributed by atoms with E-state index in [1.807, 2.05) is 7.05 Å². The predicted octanol–water partition coefficient (Wildman–Crippen LogP) is 1.45. The molecular formula is C7H13N2PS2. The third kappa shape index (κ3) is 1.45. The van der Waals surface area contributed by atoms with Gasteiger partial charge in [0.1, 0.15) is 5.54 Å². The van der Waals surface area contributed by atoms with Crippen LogP contribution in [0, 0.1) is 12.3 Å². The molecule has 2 atom stereocenters. The molecule has 68 valence electrons. The maximum atomic E-state index is 5.59. The first kappa shape index (κ1) is 10.6. The van der Waals surface area contributed by atoms with Crippen molar-refractivity contribution in [1.29, 1.82) is 0 Å². The van der Waals surface area contributed by atoms with Crippen molar-refractivity contribution in [2.45, 2.75) is 6.04 Å². The Morgan fingerprint density at radius 1 is 1.67 bits per heavy atom. The fraction of sp³-hybridized carbons (Fsp3) is 0.714. The van der Waals surface area contributed by atoms with Gasteiger partial charge >= 0.3 is 0 Å². The van der Waals surface area contributed by atoms with Crippen LogP contribution in [0.15, 0.2) is 0 Å². The number of rotatable bonds is 1. The first-order valence-electron chi connectivity index (χ1n) is 3.63. The smallest absolute Gasteiger partial charge is 0.133 e. The van der Waals surface area contributed by atoms with Crippen molar-refractivity contribution in [3.63, 3.8) is 0 Å². The maximum Gasteiger partial charge on any atom is 0.133 e. The Hall–Kier alpha value is 0.480. The second kappa shape index (κ2) is 3.69. The standard InChI is InChI=1S/C7H13N2PS2/c1-5-7-6-8(2)10(11,12-4)9(7)3/h1,7H,6H2,2-4H3. The molecule has 0 aromatic carbocycles. The summed E-state index contributed by atoms with van der Waals surface area (Å²) in [5, 5.41) is 0. The Kier molecular flexibility index (Phi) is 3.25. The van der Waals surface area contributed by atoms with Crippen LogP contribution in [-0.4, -0.2) is 42.3 Å². The molecule has 0 bridgehead atoms. The average Bonchev–Trinajstić information content (AvgIpc) is 2.30. The number of hydrogen-bond donors (Lipinski definition) is 0. The van der Waals surface area contributed by atoms with E-state index >= 15 is 0 Å². The van der Waals surface area contributed by atoms with E-state index in [0.29, 0.717) is 0 Å². The summed E-state index contributed by atoms with van der Waals surface area (Å²) >= 11 is 7.34. The van der Waals surface area contributed by atoms with Gasteiger partial charge in [0.25, 0.3) is 0 Å². The minimum absolute atomic E-state index is 0.202. The van der Waals surface area contributed by atoms with Gasteiger partial charge in [-0.1, -0.05) is 29.1 Å². The van der Waals surface area contributed by atoms with E-state index in [1.165, 1.54) is 0 Å². The van der Waals surface area contributed by atoms with Crippen molar-refractivity contribution >= 4 is 28.7 Å². The number of hydrogen-bond acceptors (Lipinski definition) is 2. The fourth-order valence-corrected chi connectivity index (χ4v) is 5.88. The zero-order valence-electron chi connectivity index (χ0n) is 7.52. The molecule has 0 saturated carbocycles. The lowest BCUT2D eigenvalue weighted by Crippen LogP contribution is -2.22. The lowest BCUT2D eigenvalue weighted by molar-refractivity contribution is 0.483. The maximum absolute atomic E-state index is 5.59. The van der Waals surface area contributed by atoms with Gasteiger partial charge in [0.15, 0.2) is 0 Å². The topological polar surface area (TPSA) is 6.48 Å². The van der Waals surface area contributed by atoms with Crippen LogP contribution in [0.4, 0.5) is 0 Å². The van der Waals surface area contributed by atoms with E-state index in [0.717, 1.165) is 6.54 Å². The van der Waals surface area contributed by atoms with E-state index < -0.39 is 5.54 Å². The normalized spacial score (nSPS) is 38.3. The molecular weight excluding hydrogens is 207 g/mol. The zero-order valence-corrected chi connectivity index (χ0v) is 10.0.